The molecule has 2 aromatic rings. The second kappa shape index (κ2) is 8.65. The SMILES string of the molecule is CCC1CCC(c2ccccc2)N(C(=O)C(=O)Nc2ncccc2C(N)=O)C1. The number of piperidine rings is 1. The molecule has 1 fully saturated rings. The van der Waals surface area contributed by atoms with E-state index >= 15 is 0 Å². The molecule has 1 aromatic heterocycles. The van der Waals surface area contributed by atoms with Gasteiger partial charge < -0.3 is 16.0 Å². The summed E-state index contributed by atoms with van der Waals surface area (Å²) in [5, 5.41) is 2.45. The molecule has 0 bridgehead atoms. The highest BCUT2D eigenvalue weighted by atomic mass is 16.2. The Labute approximate surface area is 163 Å². The molecule has 28 heavy (non-hydrogen) atoms. The summed E-state index contributed by atoms with van der Waals surface area (Å²) in [6.07, 6.45) is 4.18. The Hall–Kier alpha value is -3.22. The molecule has 0 radical (unpaired) electrons. The monoisotopic (exact) mass is 380 g/mol. The van der Waals surface area contributed by atoms with E-state index in [1.165, 1.54) is 12.3 Å². The van der Waals surface area contributed by atoms with Crippen LogP contribution >= 0.6 is 0 Å². The number of rotatable bonds is 4. The van der Waals surface area contributed by atoms with Crippen molar-refractivity contribution in [3.05, 3.63) is 59.8 Å². The smallest absolute Gasteiger partial charge is 0.315 e. The predicted molar refractivity (Wildman–Crippen MR) is 105 cm³/mol. The number of pyridine rings is 1. The van der Waals surface area contributed by atoms with Gasteiger partial charge in [0.1, 0.15) is 5.82 Å². The second-order valence-electron chi connectivity index (χ2n) is 6.95. The molecule has 2 heterocycles. The van der Waals surface area contributed by atoms with E-state index in [1.54, 1.807) is 11.0 Å². The first-order valence-electron chi connectivity index (χ1n) is 9.43. The summed E-state index contributed by atoms with van der Waals surface area (Å²) in [6, 6.07) is 12.6. The number of carbonyl (C=O) groups is 3. The summed E-state index contributed by atoms with van der Waals surface area (Å²) in [6.45, 7) is 2.61. The van der Waals surface area contributed by atoms with Gasteiger partial charge in [-0.1, -0.05) is 43.7 Å². The van der Waals surface area contributed by atoms with Crippen LogP contribution in [0.3, 0.4) is 0 Å². The van der Waals surface area contributed by atoms with Crippen LogP contribution in [0.15, 0.2) is 48.7 Å². The third kappa shape index (κ3) is 4.19. The van der Waals surface area contributed by atoms with Crippen LogP contribution in [0.4, 0.5) is 5.82 Å². The molecule has 1 aromatic carbocycles. The van der Waals surface area contributed by atoms with Crippen LogP contribution < -0.4 is 11.1 Å². The molecule has 3 amide bonds. The largest absolute Gasteiger partial charge is 0.365 e. The average Bonchev–Trinajstić information content (AvgIpc) is 2.73. The number of amides is 3. The number of hydrogen-bond acceptors (Lipinski definition) is 4. The molecule has 3 N–H and O–H groups in total. The molecular weight excluding hydrogens is 356 g/mol. The normalized spacial score (nSPS) is 19.1. The van der Waals surface area contributed by atoms with E-state index in [4.69, 9.17) is 5.73 Å². The third-order valence-corrected chi connectivity index (χ3v) is 5.20. The molecule has 7 heteroatoms. The Morgan fingerprint density at radius 2 is 1.89 bits per heavy atom. The first-order chi connectivity index (χ1) is 13.5. The number of anilines is 1. The summed E-state index contributed by atoms with van der Waals surface area (Å²) in [7, 11) is 0. The standard InChI is InChI=1S/C21H24N4O3/c1-2-14-10-11-17(15-7-4-3-5-8-15)25(13-14)21(28)20(27)24-19-16(18(22)26)9-6-12-23-19/h3-9,12,14,17H,2,10-11,13H2,1H3,(H2,22,26)(H,23,24,27). The summed E-state index contributed by atoms with van der Waals surface area (Å²) in [5.41, 5.74) is 6.39. The summed E-state index contributed by atoms with van der Waals surface area (Å²) in [4.78, 5) is 42.8. The number of benzene rings is 1. The summed E-state index contributed by atoms with van der Waals surface area (Å²) >= 11 is 0. The first-order valence-corrected chi connectivity index (χ1v) is 9.43. The van der Waals surface area contributed by atoms with E-state index in [2.05, 4.69) is 17.2 Å². The third-order valence-electron chi connectivity index (χ3n) is 5.20. The summed E-state index contributed by atoms with van der Waals surface area (Å²) < 4.78 is 0. The van der Waals surface area contributed by atoms with Crippen molar-refractivity contribution in [2.24, 2.45) is 11.7 Å². The highest BCUT2D eigenvalue weighted by Crippen LogP contribution is 2.34. The van der Waals surface area contributed by atoms with Gasteiger partial charge in [-0.2, -0.15) is 0 Å². The van der Waals surface area contributed by atoms with Gasteiger partial charge in [0.05, 0.1) is 11.6 Å². The van der Waals surface area contributed by atoms with Crippen LogP contribution in [0.2, 0.25) is 0 Å². The molecule has 0 spiro atoms. The Morgan fingerprint density at radius 1 is 1.14 bits per heavy atom. The van der Waals surface area contributed by atoms with E-state index < -0.39 is 17.7 Å². The van der Waals surface area contributed by atoms with Gasteiger partial charge in [-0.05, 0) is 36.5 Å². The minimum atomic E-state index is -0.820. The number of likely N-dealkylation sites (tertiary alicyclic amines) is 1. The number of aromatic nitrogens is 1. The van der Waals surface area contributed by atoms with Gasteiger partial charge in [-0.15, -0.1) is 0 Å². The molecule has 1 saturated heterocycles. The second-order valence-corrected chi connectivity index (χ2v) is 6.95. The number of nitrogens with two attached hydrogens (primary N) is 1. The van der Waals surface area contributed by atoms with Crippen LogP contribution in [0.1, 0.15) is 48.1 Å². The molecule has 0 saturated carbocycles. The van der Waals surface area contributed by atoms with Crippen LogP contribution in [-0.2, 0) is 9.59 Å². The zero-order valence-corrected chi connectivity index (χ0v) is 15.8. The van der Waals surface area contributed by atoms with Crippen LogP contribution in [0.25, 0.3) is 0 Å². The maximum atomic E-state index is 13.0. The lowest BCUT2D eigenvalue weighted by atomic mass is 9.87. The number of carbonyl (C=O) groups excluding carboxylic acids is 3. The van der Waals surface area contributed by atoms with Gasteiger partial charge in [-0.3, -0.25) is 14.4 Å². The van der Waals surface area contributed by atoms with Crippen molar-refractivity contribution >= 4 is 23.5 Å². The zero-order valence-electron chi connectivity index (χ0n) is 15.8. The molecule has 3 rings (SSSR count). The number of nitrogens with one attached hydrogen (secondary N) is 1. The van der Waals surface area contributed by atoms with Crippen LogP contribution in [-0.4, -0.2) is 34.2 Å². The van der Waals surface area contributed by atoms with E-state index in [0.29, 0.717) is 12.5 Å². The van der Waals surface area contributed by atoms with E-state index in [-0.39, 0.29) is 17.4 Å². The fourth-order valence-electron chi connectivity index (χ4n) is 3.62. The molecule has 2 unspecified atom stereocenters. The van der Waals surface area contributed by atoms with Crippen molar-refractivity contribution in [2.75, 3.05) is 11.9 Å². The van der Waals surface area contributed by atoms with Gasteiger partial charge in [0, 0.05) is 12.7 Å². The Morgan fingerprint density at radius 3 is 2.57 bits per heavy atom. The molecule has 146 valence electrons. The van der Waals surface area contributed by atoms with Gasteiger partial charge in [0.2, 0.25) is 0 Å². The van der Waals surface area contributed by atoms with Crippen molar-refractivity contribution in [1.82, 2.24) is 9.88 Å². The quantitative estimate of drug-likeness (QED) is 0.795. The minimum Gasteiger partial charge on any atom is -0.365 e. The van der Waals surface area contributed by atoms with Crippen LogP contribution in [0.5, 0.6) is 0 Å². The number of hydrogen-bond donors (Lipinski definition) is 2. The fourth-order valence-corrected chi connectivity index (χ4v) is 3.62. The topological polar surface area (TPSA) is 105 Å². The number of nitrogens with zero attached hydrogens (tertiary/aromatic N) is 2. The van der Waals surface area contributed by atoms with Crippen LogP contribution in [0, 0.1) is 5.92 Å². The van der Waals surface area contributed by atoms with E-state index in [9.17, 15) is 14.4 Å². The highest BCUT2D eigenvalue weighted by Gasteiger charge is 2.35. The molecule has 1 aliphatic rings. The zero-order chi connectivity index (χ0) is 20.1. The number of primary amides is 1. The molecule has 0 aliphatic carbocycles. The highest BCUT2D eigenvalue weighted by molar-refractivity contribution is 6.39. The maximum absolute atomic E-state index is 13.0. The molecular formula is C21H24N4O3. The van der Waals surface area contributed by atoms with Crippen molar-refractivity contribution in [2.45, 2.75) is 32.2 Å². The summed E-state index contributed by atoms with van der Waals surface area (Å²) in [5.74, 6) is -1.82. The lowest BCUT2D eigenvalue weighted by Gasteiger charge is -2.39. The molecule has 2 atom stereocenters. The van der Waals surface area contributed by atoms with Gasteiger partial charge in [-0.25, -0.2) is 4.98 Å². The minimum absolute atomic E-state index is 0.00587. The van der Waals surface area contributed by atoms with Crippen molar-refractivity contribution in [3.63, 3.8) is 0 Å². The van der Waals surface area contributed by atoms with Gasteiger partial charge >= 0.3 is 11.8 Å². The van der Waals surface area contributed by atoms with Crippen molar-refractivity contribution < 1.29 is 14.4 Å². The molecule has 1 aliphatic heterocycles. The Kier molecular flexibility index (Phi) is 6.03. The molecule has 7 nitrogen and oxygen atoms in total. The lowest BCUT2D eigenvalue weighted by molar-refractivity contribution is -0.146. The fraction of sp³-hybridized carbons (Fsp3) is 0.333. The van der Waals surface area contributed by atoms with E-state index in [1.807, 2.05) is 30.3 Å². The predicted octanol–water partition coefficient (Wildman–Crippen LogP) is 2.51. The van der Waals surface area contributed by atoms with E-state index in [0.717, 1.165) is 24.8 Å². The van der Waals surface area contributed by atoms with Gasteiger partial charge in [0.15, 0.2) is 0 Å². The Balaban J connectivity index is 1.83. The first kappa shape index (κ1) is 19.5. The van der Waals surface area contributed by atoms with Crippen molar-refractivity contribution in [3.8, 4) is 0 Å². The van der Waals surface area contributed by atoms with Crippen molar-refractivity contribution in [1.29, 1.82) is 0 Å². The van der Waals surface area contributed by atoms with Gasteiger partial charge in [0.25, 0.3) is 5.91 Å². The lowest BCUT2D eigenvalue weighted by Crippen LogP contribution is -2.47. The maximum Gasteiger partial charge on any atom is 0.315 e. The Bertz CT molecular complexity index is 869. The average molecular weight is 380 g/mol.